The second-order valence-electron chi connectivity index (χ2n) is 4.25. The van der Waals surface area contributed by atoms with Gasteiger partial charge >= 0.3 is 0 Å². The Hall–Kier alpha value is -2.21. The van der Waals surface area contributed by atoms with Gasteiger partial charge < -0.3 is 15.1 Å². The SMILES string of the molecule is CNCc1nc(C(=O)NCCc2ccccc2F)co1. The molecule has 20 heavy (non-hydrogen) atoms. The van der Waals surface area contributed by atoms with Crippen LogP contribution in [0.2, 0.25) is 0 Å². The Morgan fingerprint density at radius 2 is 2.20 bits per heavy atom. The van der Waals surface area contributed by atoms with Gasteiger partial charge in [0.2, 0.25) is 5.89 Å². The van der Waals surface area contributed by atoms with Crippen molar-refractivity contribution >= 4 is 5.91 Å². The number of aromatic nitrogens is 1. The molecule has 1 heterocycles. The van der Waals surface area contributed by atoms with Crippen LogP contribution in [0.5, 0.6) is 0 Å². The van der Waals surface area contributed by atoms with Crippen molar-refractivity contribution in [2.24, 2.45) is 0 Å². The molecule has 2 aromatic rings. The van der Waals surface area contributed by atoms with Crippen molar-refractivity contribution in [3.63, 3.8) is 0 Å². The monoisotopic (exact) mass is 277 g/mol. The number of hydrogen-bond donors (Lipinski definition) is 2. The van der Waals surface area contributed by atoms with E-state index in [9.17, 15) is 9.18 Å². The molecule has 0 fully saturated rings. The minimum atomic E-state index is -0.326. The van der Waals surface area contributed by atoms with Crippen LogP contribution in [0.1, 0.15) is 21.9 Å². The second kappa shape index (κ2) is 6.81. The maximum absolute atomic E-state index is 13.4. The van der Waals surface area contributed by atoms with Gasteiger partial charge in [-0.15, -0.1) is 0 Å². The van der Waals surface area contributed by atoms with Gasteiger partial charge in [0.1, 0.15) is 12.1 Å². The lowest BCUT2D eigenvalue weighted by atomic mass is 10.1. The Balaban J connectivity index is 1.84. The van der Waals surface area contributed by atoms with Crippen molar-refractivity contribution in [2.75, 3.05) is 13.6 Å². The minimum absolute atomic E-state index is 0.226. The van der Waals surface area contributed by atoms with Gasteiger partial charge in [-0.05, 0) is 25.1 Å². The van der Waals surface area contributed by atoms with Crippen molar-refractivity contribution in [1.82, 2.24) is 15.6 Å². The number of hydrogen-bond acceptors (Lipinski definition) is 4. The zero-order chi connectivity index (χ0) is 14.4. The first kappa shape index (κ1) is 14.2. The van der Waals surface area contributed by atoms with Crippen LogP contribution in [0.3, 0.4) is 0 Å². The first-order valence-electron chi connectivity index (χ1n) is 6.31. The third-order valence-corrected chi connectivity index (χ3v) is 2.75. The molecule has 0 spiro atoms. The first-order valence-corrected chi connectivity index (χ1v) is 6.31. The lowest BCUT2D eigenvalue weighted by molar-refractivity contribution is 0.0949. The predicted molar refractivity (Wildman–Crippen MR) is 71.7 cm³/mol. The molecule has 0 bridgehead atoms. The van der Waals surface area contributed by atoms with Crippen LogP contribution in [0.25, 0.3) is 0 Å². The highest BCUT2D eigenvalue weighted by Crippen LogP contribution is 2.06. The molecule has 0 aliphatic heterocycles. The van der Waals surface area contributed by atoms with Crippen LogP contribution in [0.4, 0.5) is 4.39 Å². The lowest BCUT2D eigenvalue weighted by Gasteiger charge is -2.04. The summed E-state index contributed by atoms with van der Waals surface area (Å²) in [7, 11) is 1.76. The van der Waals surface area contributed by atoms with Crippen LogP contribution >= 0.6 is 0 Å². The molecular weight excluding hydrogens is 261 g/mol. The van der Waals surface area contributed by atoms with Gasteiger partial charge in [-0.2, -0.15) is 0 Å². The van der Waals surface area contributed by atoms with E-state index in [-0.39, 0.29) is 17.4 Å². The van der Waals surface area contributed by atoms with Gasteiger partial charge in [-0.25, -0.2) is 9.37 Å². The highest BCUT2D eigenvalue weighted by Gasteiger charge is 2.11. The number of oxazole rings is 1. The molecule has 0 aliphatic carbocycles. The average Bonchev–Trinajstić information content (AvgIpc) is 2.90. The Morgan fingerprint density at radius 1 is 1.40 bits per heavy atom. The maximum atomic E-state index is 13.4. The smallest absolute Gasteiger partial charge is 0.273 e. The summed E-state index contributed by atoms with van der Waals surface area (Å²) in [6.45, 7) is 0.802. The van der Waals surface area contributed by atoms with E-state index in [1.165, 1.54) is 12.3 Å². The number of nitrogens with zero attached hydrogens (tertiary/aromatic N) is 1. The fraction of sp³-hybridized carbons (Fsp3) is 0.286. The van der Waals surface area contributed by atoms with Crippen molar-refractivity contribution in [2.45, 2.75) is 13.0 Å². The van der Waals surface area contributed by atoms with E-state index in [2.05, 4.69) is 15.6 Å². The summed E-state index contributed by atoms with van der Waals surface area (Å²) in [5.74, 6) is -0.140. The van der Waals surface area contributed by atoms with E-state index in [1.807, 2.05) is 0 Å². The standard InChI is InChI=1S/C14H16FN3O2/c1-16-8-13-18-12(9-20-13)14(19)17-7-6-10-4-2-3-5-11(10)15/h2-5,9,16H,6-8H2,1H3,(H,17,19). The molecule has 0 radical (unpaired) electrons. The molecule has 1 aromatic carbocycles. The van der Waals surface area contributed by atoms with Crippen LogP contribution in [-0.4, -0.2) is 24.5 Å². The lowest BCUT2D eigenvalue weighted by Crippen LogP contribution is -2.26. The first-order chi connectivity index (χ1) is 9.70. The zero-order valence-corrected chi connectivity index (χ0v) is 11.1. The second-order valence-corrected chi connectivity index (χ2v) is 4.25. The average molecular weight is 277 g/mol. The molecule has 1 amide bonds. The summed E-state index contributed by atoms with van der Waals surface area (Å²) in [6.07, 6.45) is 1.74. The van der Waals surface area contributed by atoms with E-state index in [4.69, 9.17) is 4.42 Å². The van der Waals surface area contributed by atoms with Crippen LogP contribution < -0.4 is 10.6 Å². The minimum Gasteiger partial charge on any atom is -0.447 e. The van der Waals surface area contributed by atoms with Gasteiger partial charge in [0, 0.05) is 6.54 Å². The van der Waals surface area contributed by atoms with E-state index in [1.54, 1.807) is 25.2 Å². The van der Waals surface area contributed by atoms with Gasteiger partial charge in [0.25, 0.3) is 5.91 Å². The highest BCUT2D eigenvalue weighted by atomic mass is 19.1. The molecule has 1 aromatic heterocycles. The van der Waals surface area contributed by atoms with Crippen molar-refractivity contribution < 1.29 is 13.6 Å². The summed E-state index contributed by atoms with van der Waals surface area (Å²) >= 11 is 0. The van der Waals surface area contributed by atoms with E-state index < -0.39 is 0 Å². The molecule has 106 valence electrons. The summed E-state index contributed by atoms with van der Waals surface area (Å²) in [4.78, 5) is 15.8. The van der Waals surface area contributed by atoms with Crippen LogP contribution in [0, 0.1) is 5.82 Å². The van der Waals surface area contributed by atoms with Crippen LogP contribution in [0.15, 0.2) is 34.9 Å². The third kappa shape index (κ3) is 3.64. The molecule has 2 N–H and O–H groups in total. The molecular formula is C14H16FN3O2. The molecule has 6 heteroatoms. The fourth-order valence-corrected chi connectivity index (χ4v) is 1.75. The van der Waals surface area contributed by atoms with Gasteiger partial charge in [-0.1, -0.05) is 18.2 Å². The molecule has 5 nitrogen and oxygen atoms in total. The Kier molecular flexibility index (Phi) is 4.84. The Bertz CT molecular complexity index is 583. The van der Waals surface area contributed by atoms with Gasteiger partial charge in [-0.3, -0.25) is 4.79 Å². The zero-order valence-electron chi connectivity index (χ0n) is 11.1. The van der Waals surface area contributed by atoms with Crippen LogP contribution in [-0.2, 0) is 13.0 Å². The molecule has 0 unspecified atom stereocenters. The quantitative estimate of drug-likeness (QED) is 0.840. The number of carbonyl (C=O) groups is 1. The summed E-state index contributed by atoms with van der Waals surface area (Å²) in [5, 5.41) is 5.56. The number of rotatable bonds is 6. The van der Waals surface area contributed by atoms with Crippen molar-refractivity contribution in [1.29, 1.82) is 0 Å². The van der Waals surface area contributed by atoms with E-state index in [0.29, 0.717) is 31.0 Å². The summed E-state index contributed by atoms with van der Waals surface area (Å²) < 4.78 is 18.5. The number of halogens is 1. The third-order valence-electron chi connectivity index (χ3n) is 2.75. The van der Waals surface area contributed by atoms with E-state index >= 15 is 0 Å². The summed E-state index contributed by atoms with van der Waals surface area (Å²) in [6, 6.07) is 6.50. The predicted octanol–water partition coefficient (Wildman–Crippen LogP) is 1.51. The van der Waals surface area contributed by atoms with Crippen molar-refractivity contribution in [3.8, 4) is 0 Å². The van der Waals surface area contributed by atoms with Crippen molar-refractivity contribution in [3.05, 3.63) is 53.5 Å². The summed E-state index contributed by atoms with van der Waals surface area (Å²) in [5.41, 5.74) is 0.799. The number of nitrogens with one attached hydrogen (secondary N) is 2. The Morgan fingerprint density at radius 3 is 2.95 bits per heavy atom. The largest absolute Gasteiger partial charge is 0.447 e. The number of benzene rings is 1. The molecule has 0 saturated heterocycles. The van der Waals surface area contributed by atoms with Gasteiger partial charge in [0.15, 0.2) is 5.69 Å². The molecule has 0 atom stereocenters. The number of amides is 1. The fourth-order valence-electron chi connectivity index (χ4n) is 1.75. The van der Waals surface area contributed by atoms with Gasteiger partial charge in [0.05, 0.1) is 6.54 Å². The Labute approximate surface area is 116 Å². The topological polar surface area (TPSA) is 67.2 Å². The molecule has 2 rings (SSSR count). The maximum Gasteiger partial charge on any atom is 0.273 e. The van der Waals surface area contributed by atoms with E-state index in [0.717, 1.165) is 0 Å². The molecule has 0 aliphatic rings. The molecule has 0 saturated carbocycles. The highest BCUT2D eigenvalue weighted by molar-refractivity contribution is 5.91. The number of carbonyl (C=O) groups excluding carboxylic acids is 1. The normalized spacial score (nSPS) is 10.5.